The van der Waals surface area contributed by atoms with Crippen molar-refractivity contribution < 1.29 is 4.42 Å². The van der Waals surface area contributed by atoms with Crippen LogP contribution in [0.4, 0.5) is 0 Å². The Labute approximate surface area is 357 Å². The van der Waals surface area contributed by atoms with Crippen molar-refractivity contribution in [2.75, 3.05) is 0 Å². The fraction of sp³-hybridized carbons (Fsp3) is 0. The highest BCUT2D eigenvalue weighted by Crippen LogP contribution is 2.40. The first-order chi connectivity index (χ1) is 31.1. The van der Waals surface area contributed by atoms with Gasteiger partial charge < -0.3 is 4.42 Å². The van der Waals surface area contributed by atoms with Gasteiger partial charge in [0.25, 0.3) is 5.56 Å². The number of hydrogen-bond donors (Lipinski definition) is 0. The summed E-state index contributed by atoms with van der Waals surface area (Å²) < 4.78 is 10.3. The lowest BCUT2D eigenvalue weighted by Gasteiger charge is -2.15. The number of nitrogens with zero attached hydrogens (tertiary/aromatic N) is 7. The first-order valence-electron chi connectivity index (χ1n) is 20.7. The zero-order valence-electron chi connectivity index (χ0n) is 33.3. The number of rotatable bonds is 5. The van der Waals surface area contributed by atoms with Crippen LogP contribution < -0.4 is 5.56 Å². The topological polar surface area (TPSA) is 103 Å². The zero-order chi connectivity index (χ0) is 41.6. The average Bonchev–Trinajstić information content (AvgIpc) is 3.93. The van der Waals surface area contributed by atoms with Crippen LogP contribution in [0.15, 0.2) is 197 Å². The van der Waals surface area contributed by atoms with Crippen LogP contribution in [0.2, 0.25) is 0 Å². The monoisotopic (exact) mass is 809 g/mol. The molecule has 294 valence electrons. The molecule has 63 heavy (non-hydrogen) atoms. The minimum atomic E-state index is -0.176. The molecule has 8 aromatic carbocycles. The number of imidazole rings is 1. The molecule has 0 saturated carbocycles. The Morgan fingerprint density at radius 1 is 0.381 bits per heavy atom. The van der Waals surface area contributed by atoms with Crippen molar-refractivity contribution in [3.8, 4) is 56.4 Å². The molecule has 0 spiro atoms. The van der Waals surface area contributed by atoms with Gasteiger partial charge in [0, 0.05) is 32.8 Å². The van der Waals surface area contributed by atoms with E-state index in [-0.39, 0.29) is 5.56 Å². The Morgan fingerprint density at radius 2 is 1.03 bits per heavy atom. The van der Waals surface area contributed by atoms with Gasteiger partial charge in [-0.1, -0.05) is 133 Å². The predicted molar refractivity (Wildman–Crippen MR) is 251 cm³/mol. The highest BCUT2D eigenvalue weighted by atomic mass is 16.3. The molecule has 9 heteroatoms. The van der Waals surface area contributed by atoms with Crippen molar-refractivity contribution in [2.45, 2.75) is 0 Å². The van der Waals surface area contributed by atoms with Gasteiger partial charge in [-0.3, -0.25) is 9.20 Å². The standard InChI is InChI=1S/C54H31N7O2/c62-53-48-39(30-36(32-15-4-1-5-16-32)31-42(48)56-54-60-44-25-13-11-23-41(44)55-52(60)37-21-10-12-24-43(37)61(53)54)35-27-28-45-40(29-35)47-38(22-14-26-46(47)63-45)51-58-49(33-17-6-2-7-18-33)57-50(59-51)34-19-8-3-9-20-34/h1-31H. The zero-order valence-corrected chi connectivity index (χ0v) is 33.3. The molecule has 0 saturated heterocycles. The van der Waals surface area contributed by atoms with Gasteiger partial charge >= 0.3 is 0 Å². The molecule has 0 fully saturated rings. The van der Waals surface area contributed by atoms with Crippen LogP contribution in [0.25, 0.3) is 123 Å². The molecular formula is C54H31N7O2. The maximum Gasteiger partial charge on any atom is 0.268 e. The van der Waals surface area contributed by atoms with Crippen LogP contribution in [0.5, 0.6) is 0 Å². The summed E-state index contributed by atoms with van der Waals surface area (Å²) in [6.07, 6.45) is 0. The van der Waals surface area contributed by atoms with Gasteiger partial charge in [0.05, 0.1) is 27.5 Å². The van der Waals surface area contributed by atoms with Crippen molar-refractivity contribution in [1.82, 2.24) is 33.7 Å². The molecule has 0 unspecified atom stereocenters. The first kappa shape index (κ1) is 35.0. The summed E-state index contributed by atoms with van der Waals surface area (Å²) in [6, 6.07) is 62.2. The van der Waals surface area contributed by atoms with E-state index in [1.807, 2.05) is 168 Å². The summed E-state index contributed by atoms with van der Waals surface area (Å²) in [4.78, 5) is 41.0. The van der Waals surface area contributed by atoms with Crippen LogP contribution in [0, 0.1) is 0 Å². The van der Waals surface area contributed by atoms with E-state index in [1.165, 1.54) is 0 Å². The quantitative estimate of drug-likeness (QED) is 0.126. The number of benzene rings is 8. The fourth-order valence-corrected chi connectivity index (χ4v) is 9.07. The van der Waals surface area contributed by atoms with Crippen LogP contribution >= 0.6 is 0 Å². The van der Waals surface area contributed by atoms with Gasteiger partial charge in [-0.25, -0.2) is 29.3 Å². The van der Waals surface area contributed by atoms with Crippen LogP contribution in [-0.2, 0) is 0 Å². The smallest absolute Gasteiger partial charge is 0.268 e. The number of hydrogen-bond acceptors (Lipinski definition) is 7. The molecule has 0 bridgehead atoms. The molecule has 13 aromatic rings. The molecule has 0 aliphatic heterocycles. The predicted octanol–water partition coefficient (Wildman–Crippen LogP) is 12.2. The SMILES string of the molecule is O=c1c2c(-c3ccc4oc5cccc(-c6nc(-c7ccccc7)nc(-c7ccccc7)n6)c5c4c3)cc(-c3ccccc3)cc2nc2n1c1ccccc1c1nc3ccccc3n12. The molecule has 5 heterocycles. The number of para-hydroxylation sites is 3. The van der Waals surface area contributed by atoms with E-state index in [2.05, 4.69) is 24.3 Å². The van der Waals surface area contributed by atoms with Crippen LogP contribution in [-0.4, -0.2) is 33.7 Å². The van der Waals surface area contributed by atoms with E-state index < -0.39 is 0 Å². The third-order valence-electron chi connectivity index (χ3n) is 12.0. The molecule has 0 aliphatic carbocycles. The van der Waals surface area contributed by atoms with E-state index in [1.54, 1.807) is 4.40 Å². The molecule has 0 atom stereocenters. The lowest BCUT2D eigenvalue weighted by atomic mass is 9.94. The van der Waals surface area contributed by atoms with Gasteiger partial charge in [0.1, 0.15) is 16.8 Å². The van der Waals surface area contributed by atoms with Crippen molar-refractivity contribution in [2.24, 2.45) is 0 Å². The van der Waals surface area contributed by atoms with E-state index >= 15 is 4.79 Å². The Kier molecular flexibility index (Phi) is 7.55. The maximum atomic E-state index is 15.5. The second kappa shape index (κ2) is 13.6. The van der Waals surface area contributed by atoms with Gasteiger partial charge in [-0.2, -0.15) is 0 Å². The third-order valence-corrected chi connectivity index (χ3v) is 12.0. The van der Waals surface area contributed by atoms with Crippen molar-refractivity contribution >= 4 is 66.2 Å². The van der Waals surface area contributed by atoms with E-state index in [9.17, 15) is 0 Å². The molecule has 9 nitrogen and oxygen atoms in total. The average molecular weight is 810 g/mol. The minimum Gasteiger partial charge on any atom is -0.456 e. The largest absolute Gasteiger partial charge is 0.456 e. The Hall–Kier alpha value is -8.82. The summed E-state index contributed by atoms with van der Waals surface area (Å²) in [6.45, 7) is 0. The van der Waals surface area contributed by atoms with Gasteiger partial charge in [0.15, 0.2) is 17.5 Å². The second-order valence-corrected chi connectivity index (χ2v) is 15.6. The summed E-state index contributed by atoms with van der Waals surface area (Å²) in [7, 11) is 0. The number of fused-ring (bicyclic) bond motifs is 12. The van der Waals surface area contributed by atoms with Gasteiger partial charge in [-0.15, -0.1) is 0 Å². The second-order valence-electron chi connectivity index (χ2n) is 15.6. The first-order valence-corrected chi connectivity index (χ1v) is 20.7. The summed E-state index contributed by atoms with van der Waals surface area (Å²) in [5.74, 6) is 2.16. The lowest BCUT2D eigenvalue weighted by molar-refractivity contribution is 0.669. The van der Waals surface area contributed by atoms with Gasteiger partial charge in [0.2, 0.25) is 5.78 Å². The van der Waals surface area contributed by atoms with Crippen molar-refractivity contribution in [1.29, 1.82) is 0 Å². The Morgan fingerprint density at radius 3 is 1.78 bits per heavy atom. The van der Waals surface area contributed by atoms with Crippen LogP contribution in [0.1, 0.15) is 0 Å². The molecule has 0 aliphatic rings. The van der Waals surface area contributed by atoms with E-state index in [0.717, 1.165) is 77.3 Å². The molecule has 0 N–H and O–H groups in total. The summed E-state index contributed by atoms with van der Waals surface area (Å²) in [5, 5.41) is 3.09. The molecule has 13 rings (SSSR count). The number of furan rings is 1. The summed E-state index contributed by atoms with van der Waals surface area (Å²) in [5.41, 5.74) is 11.1. The normalized spacial score (nSPS) is 11.9. The fourth-order valence-electron chi connectivity index (χ4n) is 9.07. The Balaban J connectivity index is 1.10. The molecule has 0 radical (unpaired) electrons. The lowest BCUT2D eigenvalue weighted by Crippen LogP contribution is -2.19. The minimum absolute atomic E-state index is 0.176. The van der Waals surface area contributed by atoms with Crippen LogP contribution in [0.3, 0.4) is 0 Å². The highest BCUT2D eigenvalue weighted by Gasteiger charge is 2.23. The molecular weight excluding hydrogens is 779 g/mol. The summed E-state index contributed by atoms with van der Waals surface area (Å²) >= 11 is 0. The highest BCUT2D eigenvalue weighted by molar-refractivity contribution is 6.13. The van der Waals surface area contributed by atoms with Crippen molar-refractivity contribution in [3.05, 3.63) is 198 Å². The Bertz CT molecular complexity index is 3990. The number of aromatic nitrogens is 7. The third kappa shape index (κ3) is 5.43. The maximum absolute atomic E-state index is 15.5. The van der Waals surface area contributed by atoms with E-state index in [0.29, 0.717) is 45.3 Å². The van der Waals surface area contributed by atoms with Crippen molar-refractivity contribution in [3.63, 3.8) is 0 Å². The van der Waals surface area contributed by atoms with E-state index in [4.69, 9.17) is 29.3 Å². The molecule has 0 amide bonds. The molecule has 5 aromatic heterocycles. The van der Waals surface area contributed by atoms with Gasteiger partial charge in [-0.05, 0) is 76.9 Å².